The van der Waals surface area contributed by atoms with E-state index in [9.17, 15) is 4.79 Å². The first-order valence-electron chi connectivity index (χ1n) is 9.37. The number of carbonyl (C=O) groups is 1. The Kier molecular flexibility index (Phi) is 5.31. The van der Waals surface area contributed by atoms with Gasteiger partial charge >= 0.3 is 0 Å². The summed E-state index contributed by atoms with van der Waals surface area (Å²) >= 11 is 0. The van der Waals surface area contributed by atoms with Crippen molar-refractivity contribution >= 4 is 5.91 Å². The van der Waals surface area contributed by atoms with Crippen LogP contribution in [0.3, 0.4) is 0 Å². The fraction of sp³-hybridized carbons (Fsp3) is 0.450. The van der Waals surface area contributed by atoms with Crippen LogP contribution in [0.4, 0.5) is 0 Å². The maximum Gasteiger partial charge on any atom is 0.258 e. The first-order valence-corrected chi connectivity index (χ1v) is 9.37. The molecule has 8 heteroatoms. The molecule has 0 spiro atoms. The third-order valence-electron chi connectivity index (χ3n) is 4.55. The number of rotatable bonds is 5. The third-order valence-corrected chi connectivity index (χ3v) is 4.55. The lowest BCUT2D eigenvalue weighted by atomic mass is 9.96. The zero-order chi connectivity index (χ0) is 20.5. The summed E-state index contributed by atoms with van der Waals surface area (Å²) in [6.07, 6.45) is 4.08. The molecular weight excluding hydrogens is 356 g/mol. The fourth-order valence-electron chi connectivity index (χ4n) is 2.58. The summed E-state index contributed by atoms with van der Waals surface area (Å²) in [5, 5.41) is 11.4. The molecule has 0 saturated carbocycles. The van der Waals surface area contributed by atoms with Crippen molar-refractivity contribution < 1.29 is 9.32 Å². The Morgan fingerprint density at radius 3 is 2.75 bits per heavy atom. The molecule has 3 rings (SSSR count). The van der Waals surface area contributed by atoms with Gasteiger partial charge in [0.1, 0.15) is 0 Å². The maximum atomic E-state index is 12.4. The van der Waals surface area contributed by atoms with Gasteiger partial charge in [-0.15, -0.1) is 0 Å². The quantitative estimate of drug-likeness (QED) is 0.726. The molecule has 1 unspecified atom stereocenters. The number of hydrogen-bond acceptors (Lipinski definition) is 6. The zero-order valence-corrected chi connectivity index (χ0v) is 17.1. The van der Waals surface area contributed by atoms with Crippen LogP contribution in [-0.2, 0) is 5.41 Å². The molecule has 0 aliphatic heterocycles. The average Bonchev–Trinajstić information content (AvgIpc) is 3.28. The Bertz CT molecular complexity index is 983. The van der Waals surface area contributed by atoms with Crippen LogP contribution in [0, 0.1) is 6.92 Å². The van der Waals surface area contributed by atoms with Gasteiger partial charge in [0.25, 0.3) is 11.8 Å². The fourth-order valence-corrected chi connectivity index (χ4v) is 2.58. The molecule has 1 amide bonds. The first kappa shape index (κ1) is 19.7. The van der Waals surface area contributed by atoms with Crippen LogP contribution in [0.15, 0.2) is 29.0 Å². The van der Waals surface area contributed by atoms with E-state index in [2.05, 4.69) is 25.5 Å². The lowest BCUT2D eigenvalue weighted by Crippen LogP contribution is -2.32. The van der Waals surface area contributed by atoms with E-state index in [4.69, 9.17) is 4.52 Å². The van der Waals surface area contributed by atoms with Crippen LogP contribution in [0.1, 0.15) is 62.9 Å². The smallest absolute Gasteiger partial charge is 0.258 e. The van der Waals surface area contributed by atoms with Crippen LogP contribution in [0.25, 0.3) is 17.3 Å². The van der Waals surface area contributed by atoms with Gasteiger partial charge in [0.15, 0.2) is 11.6 Å². The highest BCUT2D eigenvalue weighted by molar-refractivity contribution is 5.95. The first-order chi connectivity index (χ1) is 13.2. The van der Waals surface area contributed by atoms with Gasteiger partial charge in [-0.05, 0) is 32.4 Å². The summed E-state index contributed by atoms with van der Waals surface area (Å²) in [5.41, 5.74) is 1.79. The molecule has 1 N–H and O–H groups in total. The van der Waals surface area contributed by atoms with Gasteiger partial charge in [0, 0.05) is 23.2 Å². The van der Waals surface area contributed by atoms with Crippen LogP contribution >= 0.6 is 0 Å². The minimum Gasteiger partial charge on any atom is -0.349 e. The summed E-state index contributed by atoms with van der Waals surface area (Å²) in [4.78, 5) is 21.3. The molecule has 8 nitrogen and oxygen atoms in total. The minimum atomic E-state index is -0.200. The second-order valence-corrected chi connectivity index (χ2v) is 7.91. The van der Waals surface area contributed by atoms with Crippen molar-refractivity contribution in [3.05, 3.63) is 41.6 Å². The molecule has 1 atom stereocenters. The molecule has 0 aliphatic rings. The number of carbonyl (C=O) groups excluding carboxylic acids is 1. The second-order valence-electron chi connectivity index (χ2n) is 7.91. The van der Waals surface area contributed by atoms with Crippen molar-refractivity contribution in [3.8, 4) is 17.3 Å². The lowest BCUT2D eigenvalue weighted by molar-refractivity contribution is 0.0938. The molecule has 28 heavy (non-hydrogen) atoms. The van der Waals surface area contributed by atoms with E-state index in [1.54, 1.807) is 23.1 Å². The highest BCUT2D eigenvalue weighted by Gasteiger charge is 2.22. The molecule has 0 aliphatic carbocycles. The summed E-state index contributed by atoms with van der Waals surface area (Å²) in [6, 6.07) is 3.72. The molecular formula is C20H26N6O2. The van der Waals surface area contributed by atoms with Crippen LogP contribution in [0.2, 0.25) is 0 Å². The van der Waals surface area contributed by atoms with Crippen molar-refractivity contribution in [1.29, 1.82) is 0 Å². The number of pyridine rings is 1. The molecule has 3 heterocycles. The zero-order valence-electron chi connectivity index (χ0n) is 17.1. The van der Waals surface area contributed by atoms with Gasteiger partial charge in [0.2, 0.25) is 0 Å². The topological polar surface area (TPSA) is 98.7 Å². The van der Waals surface area contributed by atoms with Crippen LogP contribution in [0.5, 0.6) is 0 Å². The molecule has 0 bridgehead atoms. The van der Waals surface area contributed by atoms with Crippen molar-refractivity contribution in [2.75, 3.05) is 0 Å². The van der Waals surface area contributed by atoms with E-state index >= 15 is 0 Å². The number of amides is 1. The summed E-state index contributed by atoms with van der Waals surface area (Å²) < 4.78 is 7.05. The van der Waals surface area contributed by atoms with Gasteiger partial charge in [0.05, 0.1) is 17.5 Å². The van der Waals surface area contributed by atoms with E-state index in [0.29, 0.717) is 28.8 Å². The van der Waals surface area contributed by atoms with E-state index < -0.39 is 0 Å². The monoisotopic (exact) mass is 382 g/mol. The van der Waals surface area contributed by atoms with E-state index in [-0.39, 0.29) is 17.4 Å². The van der Waals surface area contributed by atoms with Gasteiger partial charge in [-0.3, -0.25) is 4.79 Å². The summed E-state index contributed by atoms with van der Waals surface area (Å²) in [6.45, 7) is 11.9. The lowest BCUT2D eigenvalue weighted by Gasteiger charge is -2.11. The van der Waals surface area contributed by atoms with E-state index in [0.717, 1.165) is 12.0 Å². The molecule has 0 saturated heterocycles. The molecule has 0 fully saturated rings. The second kappa shape index (κ2) is 7.53. The van der Waals surface area contributed by atoms with Crippen LogP contribution < -0.4 is 5.32 Å². The van der Waals surface area contributed by atoms with Crippen LogP contribution in [-0.4, -0.2) is 36.9 Å². The number of nitrogens with one attached hydrogen (secondary N) is 1. The normalized spacial score (nSPS) is 12.8. The van der Waals surface area contributed by atoms with Gasteiger partial charge < -0.3 is 9.84 Å². The number of aromatic nitrogens is 5. The Morgan fingerprint density at radius 2 is 2.11 bits per heavy atom. The Labute approximate surface area is 164 Å². The van der Waals surface area contributed by atoms with Crippen molar-refractivity contribution in [2.45, 2.75) is 59.4 Å². The standard InChI is InChI=1S/C20H26N6O2/c1-7-12(2)23-17(27)15-11-22-26(13(15)3)16-10-14(8-9-21-16)18-24-19(25-28-18)20(4,5)6/h8-12H,7H2,1-6H3,(H,23,27). The third kappa shape index (κ3) is 3.95. The highest BCUT2D eigenvalue weighted by atomic mass is 16.5. The average molecular weight is 382 g/mol. The van der Waals surface area contributed by atoms with E-state index in [1.807, 2.05) is 47.6 Å². The summed E-state index contributed by atoms with van der Waals surface area (Å²) in [5.74, 6) is 1.50. The molecule has 3 aromatic heterocycles. The van der Waals surface area contributed by atoms with Crippen molar-refractivity contribution in [2.24, 2.45) is 0 Å². The van der Waals surface area contributed by atoms with Gasteiger partial charge in [-0.2, -0.15) is 10.1 Å². The Balaban J connectivity index is 1.91. The molecule has 0 radical (unpaired) electrons. The minimum absolute atomic E-state index is 0.103. The molecule has 148 valence electrons. The molecule has 0 aromatic carbocycles. The van der Waals surface area contributed by atoms with Crippen molar-refractivity contribution in [1.82, 2.24) is 30.2 Å². The highest BCUT2D eigenvalue weighted by Crippen LogP contribution is 2.24. The molecule has 3 aromatic rings. The Morgan fingerprint density at radius 1 is 1.36 bits per heavy atom. The van der Waals surface area contributed by atoms with Gasteiger partial charge in [-0.25, -0.2) is 9.67 Å². The Hall–Kier alpha value is -3.03. The SMILES string of the molecule is CCC(C)NC(=O)c1cnn(-c2cc(-c3nc(C(C)(C)C)no3)ccn2)c1C. The largest absolute Gasteiger partial charge is 0.349 e. The predicted octanol–water partition coefficient (Wildman–Crippen LogP) is 3.45. The number of nitrogens with zero attached hydrogens (tertiary/aromatic N) is 5. The number of hydrogen-bond donors (Lipinski definition) is 1. The van der Waals surface area contributed by atoms with E-state index in [1.165, 1.54) is 0 Å². The maximum absolute atomic E-state index is 12.4. The predicted molar refractivity (Wildman–Crippen MR) is 105 cm³/mol. The summed E-state index contributed by atoms with van der Waals surface area (Å²) in [7, 11) is 0. The van der Waals surface area contributed by atoms with Gasteiger partial charge in [-0.1, -0.05) is 32.9 Å². The van der Waals surface area contributed by atoms with Crippen molar-refractivity contribution in [3.63, 3.8) is 0 Å².